The second-order valence-corrected chi connectivity index (χ2v) is 8.12. The summed E-state index contributed by atoms with van der Waals surface area (Å²) in [6.07, 6.45) is 0. The van der Waals surface area contributed by atoms with E-state index in [1.807, 2.05) is 0 Å². The Kier molecular flexibility index (Phi) is 5.50. The number of anilines is 1. The highest BCUT2D eigenvalue weighted by molar-refractivity contribution is 7.92. The number of rotatable bonds is 4. The highest BCUT2D eigenvalue weighted by atomic mass is 35.5. The van der Waals surface area contributed by atoms with Gasteiger partial charge in [-0.1, -0.05) is 17.7 Å². The van der Waals surface area contributed by atoms with Gasteiger partial charge < -0.3 is 9.64 Å². The van der Waals surface area contributed by atoms with Gasteiger partial charge in [-0.05, 0) is 48.9 Å². The number of aryl methyl sites for hydroxylation is 1. The van der Waals surface area contributed by atoms with Gasteiger partial charge in [0, 0.05) is 23.7 Å². The fourth-order valence-corrected chi connectivity index (χ4v) is 4.09. The SMILES string of the molecule is Cc1cc(Cl)ccc1NS(=O)(=O)c1cccc(C(=O)N2CCOCC2)c1. The van der Waals surface area contributed by atoms with Gasteiger partial charge in [-0.3, -0.25) is 9.52 Å². The van der Waals surface area contributed by atoms with Crippen molar-refractivity contribution in [3.05, 3.63) is 58.6 Å². The Balaban J connectivity index is 1.85. The summed E-state index contributed by atoms with van der Waals surface area (Å²) in [6, 6.07) is 10.9. The molecule has 1 fully saturated rings. The fraction of sp³-hybridized carbons (Fsp3) is 0.278. The van der Waals surface area contributed by atoms with E-state index in [-0.39, 0.29) is 10.8 Å². The number of carbonyl (C=O) groups excluding carboxylic acids is 1. The molecule has 0 spiro atoms. The second kappa shape index (κ2) is 7.65. The minimum absolute atomic E-state index is 0.0333. The lowest BCUT2D eigenvalue weighted by Gasteiger charge is -2.27. The molecule has 3 rings (SSSR count). The lowest BCUT2D eigenvalue weighted by Crippen LogP contribution is -2.40. The van der Waals surface area contributed by atoms with Crippen molar-refractivity contribution in [2.75, 3.05) is 31.0 Å². The van der Waals surface area contributed by atoms with E-state index in [0.29, 0.717) is 48.1 Å². The van der Waals surface area contributed by atoms with Gasteiger partial charge in [0.1, 0.15) is 0 Å². The zero-order valence-electron chi connectivity index (χ0n) is 14.2. The lowest BCUT2D eigenvalue weighted by molar-refractivity contribution is 0.0302. The summed E-state index contributed by atoms with van der Waals surface area (Å²) < 4.78 is 33.2. The Morgan fingerprint density at radius 2 is 1.88 bits per heavy atom. The van der Waals surface area contributed by atoms with Crippen molar-refractivity contribution in [2.45, 2.75) is 11.8 Å². The van der Waals surface area contributed by atoms with E-state index < -0.39 is 10.0 Å². The van der Waals surface area contributed by atoms with E-state index in [1.165, 1.54) is 12.1 Å². The van der Waals surface area contributed by atoms with Crippen LogP contribution in [0.15, 0.2) is 47.4 Å². The van der Waals surface area contributed by atoms with Crippen molar-refractivity contribution < 1.29 is 17.9 Å². The molecule has 0 aromatic heterocycles. The predicted octanol–water partition coefficient (Wildman–Crippen LogP) is 2.92. The number of sulfonamides is 1. The Morgan fingerprint density at radius 3 is 2.58 bits per heavy atom. The summed E-state index contributed by atoms with van der Waals surface area (Å²) in [5.74, 6) is -0.201. The van der Waals surface area contributed by atoms with E-state index in [2.05, 4.69) is 4.72 Å². The summed E-state index contributed by atoms with van der Waals surface area (Å²) in [6.45, 7) is 3.74. The molecular weight excluding hydrogens is 376 g/mol. The summed E-state index contributed by atoms with van der Waals surface area (Å²) in [7, 11) is -3.82. The standard InChI is InChI=1S/C18H19ClN2O4S/c1-13-11-15(19)5-6-17(13)20-26(23,24)16-4-2-3-14(12-16)18(22)21-7-9-25-10-8-21/h2-6,11-12,20H,7-10H2,1H3. The van der Waals surface area contributed by atoms with Crippen LogP contribution in [0.5, 0.6) is 0 Å². The molecule has 0 atom stereocenters. The van der Waals surface area contributed by atoms with Gasteiger partial charge in [0.25, 0.3) is 15.9 Å². The molecule has 0 saturated carbocycles. The van der Waals surface area contributed by atoms with E-state index in [0.717, 1.165) is 0 Å². The van der Waals surface area contributed by atoms with Gasteiger partial charge in [0.2, 0.25) is 0 Å². The van der Waals surface area contributed by atoms with E-state index in [1.54, 1.807) is 42.2 Å². The molecule has 0 unspecified atom stereocenters. The van der Waals surface area contributed by atoms with Crippen LogP contribution in [0.1, 0.15) is 15.9 Å². The van der Waals surface area contributed by atoms with Crippen molar-refractivity contribution in [1.82, 2.24) is 4.90 Å². The fourth-order valence-electron chi connectivity index (χ4n) is 2.69. The van der Waals surface area contributed by atoms with Crippen LogP contribution in [0, 0.1) is 6.92 Å². The van der Waals surface area contributed by atoms with Crippen molar-refractivity contribution >= 4 is 33.2 Å². The second-order valence-electron chi connectivity index (χ2n) is 6.00. The molecule has 138 valence electrons. The minimum Gasteiger partial charge on any atom is -0.378 e. The average molecular weight is 395 g/mol. The number of morpholine rings is 1. The molecule has 1 saturated heterocycles. The number of nitrogens with zero attached hydrogens (tertiary/aromatic N) is 1. The number of nitrogens with one attached hydrogen (secondary N) is 1. The van der Waals surface area contributed by atoms with Crippen molar-refractivity contribution in [3.8, 4) is 0 Å². The minimum atomic E-state index is -3.82. The van der Waals surface area contributed by atoms with Gasteiger partial charge in [0.15, 0.2) is 0 Å². The number of halogens is 1. The number of ether oxygens (including phenoxy) is 1. The first-order valence-corrected chi connectivity index (χ1v) is 9.99. The average Bonchev–Trinajstić information content (AvgIpc) is 2.64. The van der Waals surface area contributed by atoms with Crippen LogP contribution in [0.2, 0.25) is 5.02 Å². The summed E-state index contributed by atoms with van der Waals surface area (Å²) in [5.41, 5.74) is 1.49. The first-order valence-electron chi connectivity index (χ1n) is 8.13. The van der Waals surface area contributed by atoms with Crippen LogP contribution in [-0.2, 0) is 14.8 Å². The van der Waals surface area contributed by atoms with Gasteiger partial charge in [0.05, 0.1) is 23.8 Å². The third-order valence-corrected chi connectivity index (χ3v) is 5.72. The first kappa shape index (κ1) is 18.7. The van der Waals surface area contributed by atoms with Gasteiger partial charge >= 0.3 is 0 Å². The highest BCUT2D eigenvalue weighted by Crippen LogP contribution is 2.23. The van der Waals surface area contributed by atoms with Crippen LogP contribution in [0.3, 0.4) is 0 Å². The maximum Gasteiger partial charge on any atom is 0.261 e. The molecule has 1 aliphatic heterocycles. The van der Waals surface area contributed by atoms with Crippen LogP contribution in [0.4, 0.5) is 5.69 Å². The molecular formula is C18H19ClN2O4S. The van der Waals surface area contributed by atoms with Gasteiger partial charge in [-0.25, -0.2) is 8.42 Å². The summed E-state index contributed by atoms with van der Waals surface area (Å²) in [4.78, 5) is 14.3. The van der Waals surface area contributed by atoms with Crippen LogP contribution < -0.4 is 4.72 Å². The molecule has 2 aromatic carbocycles. The number of hydrogen-bond acceptors (Lipinski definition) is 4. The number of carbonyl (C=O) groups is 1. The van der Waals surface area contributed by atoms with Crippen molar-refractivity contribution in [1.29, 1.82) is 0 Å². The largest absolute Gasteiger partial charge is 0.378 e. The van der Waals surface area contributed by atoms with E-state index in [9.17, 15) is 13.2 Å². The molecule has 26 heavy (non-hydrogen) atoms. The molecule has 1 heterocycles. The maximum atomic E-state index is 12.7. The molecule has 6 nitrogen and oxygen atoms in total. The van der Waals surface area contributed by atoms with Crippen molar-refractivity contribution in [3.63, 3.8) is 0 Å². The summed E-state index contributed by atoms with van der Waals surface area (Å²) in [5, 5.41) is 0.531. The zero-order chi connectivity index (χ0) is 18.7. The van der Waals surface area contributed by atoms with Gasteiger partial charge in [-0.15, -0.1) is 0 Å². The van der Waals surface area contributed by atoms with Crippen molar-refractivity contribution in [2.24, 2.45) is 0 Å². The lowest BCUT2D eigenvalue weighted by atomic mass is 10.2. The van der Waals surface area contributed by atoms with E-state index >= 15 is 0 Å². The zero-order valence-corrected chi connectivity index (χ0v) is 15.8. The quantitative estimate of drug-likeness (QED) is 0.865. The maximum absolute atomic E-state index is 12.7. The van der Waals surface area contributed by atoms with E-state index in [4.69, 9.17) is 16.3 Å². The Hall–Kier alpha value is -2.09. The number of benzene rings is 2. The smallest absolute Gasteiger partial charge is 0.261 e. The monoisotopic (exact) mass is 394 g/mol. The molecule has 1 aliphatic rings. The number of hydrogen-bond donors (Lipinski definition) is 1. The van der Waals surface area contributed by atoms with Crippen LogP contribution in [-0.4, -0.2) is 45.5 Å². The third-order valence-electron chi connectivity index (χ3n) is 4.12. The topological polar surface area (TPSA) is 75.7 Å². The predicted molar refractivity (Wildman–Crippen MR) is 100 cm³/mol. The Bertz CT molecular complexity index is 925. The molecule has 0 aliphatic carbocycles. The molecule has 1 amide bonds. The molecule has 0 bridgehead atoms. The van der Waals surface area contributed by atoms with Gasteiger partial charge in [-0.2, -0.15) is 0 Å². The third kappa shape index (κ3) is 4.17. The normalized spacial score (nSPS) is 14.9. The van der Waals surface area contributed by atoms with Crippen LogP contribution in [0.25, 0.3) is 0 Å². The summed E-state index contributed by atoms with van der Waals surface area (Å²) >= 11 is 5.91. The molecule has 2 aromatic rings. The molecule has 1 N–H and O–H groups in total. The molecule has 0 radical (unpaired) electrons. The number of amides is 1. The molecule has 8 heteroatoms. The Labute approximate surface area is 157 Å². The van der Waals surface area contributed by atoms with Crippen LogP contribution >= 0.6 is 11.6 Å². The first-order chi connectivity index (χ1) is 12.4. The Morgan fingerprint density at radius 1 is 1.15 bits per heavy atom. The highest BCUT2D eigenvalue weighted by Gasteiger charge is 2.21.